The minimum Gasteiger partial charge on any atom is -0.477 e. The maximum absolute atomic E-state index is 12.0. The summed E-state index contributed by atoms with van der Waals surface area (Å²) in [6.45, 7) is 3.50. The van der Waals surface area contributed by atoms with E-state index in [1.165, 1.54) is 0 Å². The van der Waals surface area contributed by atoms with Crippen molar-refractivity contribution in [2.75, 3.05) is 12.0 Å². The van der Waals surface area contributed by atoms with E-state index in [0.717, 1.165) is 0 Å². The van der Waals surface area contributed by atoms with E-state index in [1.807, 2.05) is 6.92 Å². The SMILES string of the molecule is CCc1nc(NN)c(C)c(OCCCC(F)(F)F)n1. The third kappa shape index (κ3) is 4.90. The molecule has 0 saturated heterocycles. The Morgan fingerprint density at radius 2 is 2.00 bits per heavy atom. The van der Waals surface area contributed by atoms with E-state index in [9.17, 15) is 13.2 Å². The Morgan fingerprint density at radius 1 is 1.32 bits per heavy atom. The van der Waals surface area contributed by atoms with Crippen LogP contribution in [0.15, 0.2) is 0 Å². The summed E-state index contributed by atoms with van der Waals surface area (Å²) in [5, 5.41) is 0. The molecule has 0 bridgehead atoms. The van der Waals surface area contributed by atoms with Crippen molar-refractivity contribution in [3.8, 4) is 5.88 Å². The first kappa shape index (κ1) is 15.5. The average molecular weight is 278 g/mol. The molecule has 1 heterocycles. The molecule has 0 atom stereocenters. The van der Waals surface area contributed by atoms with Crippen molar-refractivity contribution in [3.05, 3.63) is 11.4 Å². The van der Waals surface area contributed by atoms with Gasteiger partial charge in [-0.15, -0.1) is 0 Å². The molecule has 1 aromatic heterocycles. The number of hydrogen-bond acceptors (Lipinski definition) is 5. The number of nitrogens with one attached hydrogen (secondary N) is 1. The zero-order valence-electron chi connectivity index (χ0n) is 10.8. The van der Waals surface area contributed by atoms with Crippen molar-refractivity contribution in [2.45, 2.75) is 39.3 Å². The summed E-state index contributed by atoms with van der Waals surface area (Å²) in [4.78, 5) is 8.25. The molecular weight excluding hydrogens is 261 g/mol. The van der Waals surface area contributed by atoms with Gasteiger partial charge in [-0.2, -0.15) is 18.2 Å². The molecule has 19 heavy (non-hydrogen) atoms. The van der Waals surface area contributed by atoms with Crippen molar-refractivity contribution >= 4 is 5.82 Å². The lowest BCUT2D eigenvalue weighted by molar-refractivity contribution is -0.136. The normalized spacial score (nSPS) is 11.5. The number of ether oxygens (including phenoxy) is 1. The quantitative estimate of drug-likeness (QED) is 0.475. The van der Waals surface area contributed by atoms with Crippen LogP contribution in [0.5, 0.6) is 5.88 Å². The largest absolute Gasteiger partial charge is 0.477 e. The number of nitrogen functional groups attached to an aromatic ring is 1. The van der Waals surface area contributed by atoms with Crippen LogP contribution in [0.25, 0.3) is 0 Å². The van der Waals surface area contributed by atoms with Gasteiger partial charge in [0.2, 0.25) is 5.88 Å². The molecule has 0 aromatic carbocycles. The highest BCUT2D eigenvalue weighted by Gasteiger charge is 2.26. The van der Waals surface area contributed by atoms with Crippen LogP contribution in [0.2, 0.25) is 0 Å². The molecule has 8 heteroatoms. The van der Waals surface area contributed by atoms with Gasteiger partial charge in [0.05, 0.1) is 12.2 Å². The lowest BCUT2D eigenvalue weighted by atomic mass is 10.3. The second-order valence-corrected chi connectivity index (χ2v) is 3.98. The Labute approximate surface area is 109 Å². The standard InChI is InChI=1S/C11H17F3N4O/c1-3-8-16-9(18-15)7(2)10(17-8)19-6-4-5-11(12,13)14/h3-6,15H2,1-2H3,(H,16,17,18). The Hall–Kier alpha value is -1.57. The van der Waals surface area contributed by atoms with Gasteiger partial charge in [-0.1, -0.05) is 6.92 Å². The molecule has 0 aliphatic rings. The summed E-state index contributed by atoms with van der Waals surface area (Å²) in [6, 6.07) is 0. The molecule has 0 fully saturated rings. The van der Waals surface area contributed by atoms with E-state index in [4.69, 9.17) is 10.6 Å². The van der Waals surface area contributed by atoms with Gasteiger partial charge in [-0.25, -0.2) is 10.8 Å². The van der Waals surface area contributed by atoms with E-state index < -0.39 is 12.6 Å². The lowest BCUT2D eigenvalue weighted by Gasteiger charge is -2.12. The number of aromatic nitrogens is 2. The minimum atomic E-state index is -4.16. The third-order valence-corrected chi connectivity index (χ3v) is 2.44. The predicted molar refractivity (Wildman–Crippen MR) is 64.7 cm³/mol. The van der Waals surface area contributed by atoms with Crippen LogP contribution in [0.3, 0.4) is 0 Å². The van der Waals surface area contributed by atoms with E-state index in [2.05, 4.69) is 15.4 Å². The Balaban J connectivity index is 2.67. The fourth-order valence-corrected chi connectivity index (χ4v) is 1.42. The van der Waals surface area contributed by atoms with Gasteiger partial charge < -0.3 is 10.2 Å². The molecule has 5 nitrogen and oxygen atoms in total. The van der Waals surface area contributed by atoms with E-state index in [1.54, 1.807) is 6.92 Å². The van der Waals surface area contributed by atoms with Gasteiger partial charge in [-0.3, -0.25) is 0 Å². The monoisotopic (exact) mass is 278 g/mol. The van der Waals surface area contributed by atoms with Crippen LogP contribution in [-0.4, -0.2) is 22.8 Å². The Morgan fingerprint density at radius 3 is 2.53 bits per heavy atom. The minimum absolute atomic E-state index is 0.0511. The molecule has 3 N–H and O–H groups in total. The molecule has 0 aliphatic heterocycles. The molecule has 1 rings (SSSR count). The molecule has 0 aliphatic carbocycles. The van der Waals surface area contributed by atoms with Crippen molar-refractivity contribution in [1.82, 2.24) is 9.97 Å². The molecule has 0 amide bonds. The number of halogens is 3. The summed E-state index contributed by atoms with van der Waals surface area (Å²) in [6.07, 6.45) is -4.57. The summed E-state index contributed by atoms with van der Waals surface area (Å²) >= 11 is 0. The molecule has 0 saturated carbocycles. The number of alkyl halides is 3. The summed E-state index contributed by atoms with van der Waals surface area (Å²) in [5.41, 5.74) is 2.99. The number of anilines is 1. The molecular formula is C11H17F3N4O. The van der Waals surface area contributed by atoms with Gasteiger partial charge in [0.15, 0.2) is 0 Å². The zero-order valence-corrected chi connectivity index (χ0v) is 10.8. The maximum atomic E-state index is 12.0. The number of nitrogens with two attached hydrogens (primary N) is 1. The number of hydrogen-bond donors (Lipinski definition) is 2. The van der Waals surface area contributed by atoms with Crippen molar-refractivity contribution in [3.63, 3.8) is 0 Å². The van der Waals surface area contributed by atoms with Crippen molar-refractivity contribution < 1.29 is 17.9 Å². The van der Waals surface area contributed by atoms with Crippen LogP contribution in [0.1, 0.15) is 31.2 Å². The van der Waals surface area contributed by atoms with Crippen LogP contribution in [-0.2, 0) is 6.42 Å². The van der Waals surface area contributed by atoms with E-state index in [0.29, 0.717) is 23.6 Å². The van der Waals surface area contributed by atoms with Crippen LogP contribution in [0.4, 0.5) is 19.0 Å². The summed E-state index contributed by atoms with van der Waals surface area (Å²) in [7, 11) is 0. The Kier molecular flexibility index (Phi) is 5.34. The average Bonchev–Trinajstić information content (AvgIpc) is 2.35. The second-order valence-electron chi connectivity index (χ2n) is 3.98. The van der Waals surface area contributed by atoms with Gasteiger partial charge in [-0.05, 0) is 13.3 Å². The molecule has 0 unspecified atom stereocenters. The number of hydrazine groups is 1. The molecule has 1 aromatic rings. The smallest absolute Gasteiger partial charge is 0.389 e. The highest BCUT2D eigenvalue weighted by atomic mass is 19.4. The van der Waals surface area contributed by atoms with Gasteiger partial charge in [0, 0.05) is 12.8 Å². The first-order chi connectivity index (χ1) is 8.87. The van der Waals surface area contributed by atoms with Gasteiger partial charge in [0.25, 0.3) is 0 Å². The first-order valence-electron chi connectivity index (χ1n) is 5.91. The topological polar surface area (TPSA) is 73.1 Å². The number of aryl methyl sites for hydroxylation is 1. The second kappa shape index (κ2) is 6.55. The molecule has 0 spiro atoms. The third-order valence-electron chi connectivity index (χ3n) is 2.44. The maximum Gasteiger partial charge on any atom is 0.389 e. The summed E-state index contributed by atoms with van der Waals surface area (Å²) in [5.74, 6) is 6.51. The first-order valence-corrected chi connectivity index (χ1v) is 5.91. The highest BCUT2D eigenvalue weighted by molar-refractivity contribution is 5.47. The predicted octanol–water partition coefficient (Wildman–Crippen LogP) is 2.35. The number of nitrogens with zero attached hydrogens (tertiary/aromatic N) is 2. The fourth-order valence-electron chi connectivity index (χ4n) is 1.42. The number of rotatable bonds is 6. The van der Waals surface area contributed by atoms with Crippen LogP contribution < -0.4 is 16.0 Å². The molecule has 0 radical (unpaired) electrons. The van der Waals surface area contributed by atoms with E-state index in [-0.39, 0.29) is 18.9 Å². The lowest BCUT2D eigenvalue weighted by Crippen LogP contribution is -2.14. The molecule has 108 valence electrons. The van der Waals surface area contributed by atoms with Crippen LogP contribution in [0, 0.1) is 6.92 Å². The van der Waals surface area contributed by atoms with Crippen molar-refractivity contribution in [2.24, 2.45) is 5.84 Å². The Bertz CT molecular complexity index is 423. The van der Waals surface area contributed by atoms with Gasteiger partial charge >= 0.3 is 6.18 Å². The highest BCUT2D eigenvalue weighted by Crippen LogP contribution is 2.24. The zero-order chi connectivity index (χ0) is 14.5. The van der Waals surface area contributed by atoms with Crippen molar-refractivity contribution in [1.29, 1.82) is 0 Å². The fraction of sp³-hybridized carbons (Fsp3) is 0.636. The van der Waals surface area contributed by atoms with E-state index >= 15 is 0 Å². The van der Waals surface area contributed by atoms with Gasteiger partial charge in [0.1, 0.15) is 11.6 Å². The van der Waals surface area contributed by atoms with Crippen LogP contribution >= 0.6 is 0 Å². The summed E-state index contributed by atoms with van der Waals surface area (Å²) < 4.78 is 41.2.